The molecule has 1 aliphatic heterocycles. The predicted molar refractivity (Wildman–Crippen MR) is 61.6 cm³/mol. The molecular formula is C12H13F2NO4. The Labute approximate surface area is 107 Å². The van der Waals surface area contributed by atoms with Crippen LogP contribution in [0.1, 0.15) is 24.1 Å². The van der Waals surface area contributed by atoms with Crippen molar-refractivity contribution in [3.05, 3.63) is 23.3 Å². The summed E-state index contributed by atoms with van der Waals surface area (Å²) in [6, 6.07) is 0.753. The number of aliphatic carboxylic acids is 1. The minimum absolute atomic E-state index is 0.170. The molecule has 1 atom stereocenters. The average Bonchev–Trinajstić information content (AvgIpc) is 2.35. The Morgan fingerprint density at radius 2 is 1.89 bits per heavy atom. The fourth-order valence-corrected chi connectivity index (χ4v) is 1.88. The maximum absolute atomic E-state index is 13.6. The van der Waals surface area contributed by atoms with Gasteiger partial charge in [-0.15, -0.1) is 0 Å². The van der Waals surface area contributed by atoms with E-state index in [1.54, 1.807) is 0 Å². The maximum Gasteiger partial charge on any atom is 0.325 e. The summed E-state index contributed by atoms with van der Waals surface area (Å²) in [6.45, 7) is 1.21. The molecule has 1 aromatic rings. The smallest absolute Gasteiger partial charge is 0.325 e. The van der Waals surface area contributed by atoms with Gasteiger partial charge < -0.3 is 20.3 Å². The number of rotatable bonds is 3. The van der Waals surface area contributed by atoms with Crippen molar-refractivity contribution in [2.24, 2.45) is 5.73 Å². The van der Waals surface area contributed by atoms with Crippen LogP contribution in [0.2, 0.25) is 0 Å². The highest BCUT2D eigenvalue weighted by Crippen LogP contribution is 2.41. The van der Waals surface area contributed by atoms with Crippen LogP contribution < -0.4 is 15.2 Å². The fraction of sp³-hybridized carbons (Fsp3) is 0.417. The number of carboxylic acid groups (broad SMARTS) is 1. The molecule has 3 N–H and O–H groups in total. The van der Waals surface area contributed by atoms with Crippen LogP contribution in [0.4, 0.5) is 8.78 Å². The summed E-state index contributed by atoms with van der Waals surface area (Å²) in [7, 11) is 0. The largest absolute Gasteiger partial charge is 0.486 e. The summed E-state index contributed by atoms with van der Waals surface area (Å²) >= 11 is 0. The van der Waals surface area contributed by atoms with Gasteiger partial charge in [0.2, 0.25) is 0 Å². The van der Waals surface area contributed by atoms with E-state index in [-0.39, 0.29) is 30.3 Å². The van der Waals surface area contributed by atoms with E-state index < -0.39 is 23.5 Å². The number of hydrogen-bond donors (Lipinski definition) is 2. The Morgan fingerprint density at radius 1 is 1.37 bits per heavy atom. The molecule has 0 aliphatic carbocycles. The molecule has 0 radical (unpaired) electrons. The molecule has 0 saturated carbocycles. The number of hydrogen-bond acceptors (Lipinski definition) is 4. The second-order valence-electron chi connectivity index (χ2n) is 4.29. The van der Waals surface area contributed by atoms with Crippen molar-refractivity contribution < 1.29 is 28.2 Å². The molecule has 0 fully saturated rings. The predicted octanol–water partition coefficient (Wildman–Crippen LogP) is 1.65. The second kappa shape index (κ2) is 4.65. The van der Waals surface area contributed by atoms with Crippen LogP contribution in [-0.2, 0) is 10.7 Å². The van der Waals surface area contributed by atoms with Gasteiger partial charge in [-0.3, -0.25) is 4.79 Å². The van der Waals surface area contributed by atoms with Crippen LogP contribution in [0.25, 0.3) is 0 Å². The van der Waals surface area contributed by atoms with Crippen molar-refractivity contribution in [3.8, 4) is 11.5 Å². The highest BCUT2D eigenvalue weighted by molar-refractivity contribution is 5.76. The van der Waals surface area contributed by atoms with Crippen LogP contribution in [0.5, 0.6) is 11.5 Å². The molecule has 2 rings (SSSR count). The number of benzene rings is 1. The first kappa shape index (κ1) is 13.5. The van der Waals surface area contributed by atoms with E-state index >= 15 is 0 Å². The number of carboxylic acids is 1. The normalized spacial score (nSPS) is 16.0. The fourth-order valence-electron chi connectivity index (χ4n) is 1.88. The van der Waals surface area contributed by atoms with Gasteiger partial charge in [0.15, 0.2) is 11.5 Å². The number of halogens is 2. The zero-order valence-corrected chi connectivity index (χ0v) is 10.2. The molecule has 0 saturated heterocycles. The summed E-state index contributed by atoms with van der Waals surface area (Å²) in [5, 5.41) is 8.89. The summed E-state index contributed by atoms with van der Waals surface area (Å²) in [4.78, 5) is 10.9. The molecule has 0 spiro atoms. The molecule has 0 amide bonds. The minimum Gasteiger partial charge on any atom is -0.486 e. The Hall–Kier alpha value is -1.89. The lowest BCUT2D eigenvalue weighted by Gasteiger charge is -2.24. The summed E-state index contributed by atoms with van der Waals surface area (Å²) in [6.07, 6.45) is 0. The first-order valence-electron chi connectivity index (χ1n) is 5.61. The number of ether oxygens (including phenoxy) is 2. The monoisotopic (exact) mass is 273 g/mol. The van der Waals surface area contributed by atoms with Crippen molar-refractivity contribution in [1.29, 1.82) is 0 Å². The maximum atomic E-state index is 13.6. The molecule has 7 heteroatoms. The zero-order valence-electron chi connectivity index (χ0n) is 10.2. The highest BCUT2D eigenvalue weighted by Gasteiger charge is 2.34. The van der Waals surface area contributed by atoms with Gasteiger partial charge in [0.25, 0.3) is 5.92 Å². The van der Waals surface area contributed by atoms with Gasteiger partial charge in [0.1, 0.15) is 19.3 Å². The van der Waals surface area contributed by atoms with E-state index in [0.717, 1.165) is 6.07 Å². The Balaban J connectivity index is 2.59. The SMILES string of the molecule is CC(F)(F)c1cc2c(cc1C(N)C(=O)O)OCCO2. The van der Waals surface area contributed by atoms with Gasteiger partial charge in [-0.25, -0.2) is 8.78 Å². The minimum atomic E-state index is -3.22. The van der Waals surface area contributed by atoms with E-state index in [9.17, 15) is 13.6 Å². The van der Waals surface area contributed by atoms with E-state index in [2.05, 4.69) is 0 Å². The molecule has 1 aliphatic rings. The molecule has 104 valence electrons. The van der Waals surface area contributed by atoms with E-state index in [1.165, 1.54) is 6.07 Å². The molecule has 0 bridgehead atoms. The first-order chi connectivity index (χ1) is 8.80. The quantitative estimate of drug-likeness (QED) is 0.875. The van der Waals surface area contributed by atoms with E-state index in [4.69, 9.17) is 20.3 Å². The Bertz CT molecular complexity index is 513. The van der Waals surface area contributed by atoms with Crippen LogP contribution in [0.3, 0.4) is 0 Å². The van der Waals surface area contributed by atoms with Crippen molar-refractivity contribution >= 4 is 5.97 Å². The summed E-state index contributed by atoms with van der Waals surface area (Å²) < 4.78 is 37.6. The molecular weight excluding hydrogens is 260 g/mol. The van der Waals surface area contributed by atoms with Crippen LogP contribution in [0.15, 0.2) is 12.1 Å². The lowest BCUT2D eigenvalue weighted by molar-refractivity contribution is -0.138. The van der Waals surface area contributed by atoms with Gasteiger partial charge >= 0.3 is 5.97 Å². The van der Waals surface area contributed by atoms with Crippen LogP contribution in [-0.4, -0.2) is 24.3 Å². The van der Waals surface area contributed by atoms with Gasteiger partial charge in [-0.1, -0.05) is 0 Å². The Morgan fingerprint density at radius 3 is 2.37 bits per heavy atom. The highest BCUT2D eigenvalue weighted by atomic mass is 19.3. The number of alkyl halides is 2. The Kier molecular flexibility index (Phi) is 3.32. The van der Waals surface area contributed by atoms with Gasteiger partial charge in [-0.05, 0) is 17.7 Å². The van der Waals surface area contributed by atoms with Crippen LogP contribution in [0, 0.1) is 0 Å². The number of carbonyl (C=O) groups is 1. The summed E-state index contributed by atoms with van der Waals surface area (Å²) in [5.74, 6) is -4.21. The average molecular weight is 273 g/mol. The first-order valence-corrected chi connectivity index (χ1v) is 5.61. The van der Waals surface area contributed by atoms with Gasteiger partial charge in [0.05, 0.1) is 0 Å². The van der Waals surface area contributed by atoms with Crippen molar-refractivity contribution in [3.63, 3.8) is 0 Å². The van der Waals surface area contributed by atoms with Crippen molar-refractivity contribution in [2.75, 3.05) is 13.2 Å². The van der Waals surface area contributed by atoms with Gasteiger partial charge in [0, 0.05) is 12.5 Å². The zero-order chi connectivity index (χ0) is 14.2. The van der Waals surface area contributed by atoms with Crippen molar-refractivity contribution in [1.82, 2.24) is 0 Å². The second-order valence-corrected chi connectivity index (χ2v) is 4.29. The third kappa shape index (κ3) is 2.60. The molecule has 0 aromatic heterocycles. The third-order valence-corrected chi connectivity index (χ3v) is 2.79. The lowest BCUT2D eigenvalue weighted by Crippen LogP contribution is -2.26. The molecule has 5 nitrogen and oxygen atoms in total. The molecule has 1 unspecified atom stereocenters. The van der Waals surface area contributed by atoms with Crippen LogP contribution >= 0.6 is 0 Å². The van der Waals surface area contributed by atoms with Gasteiger partial charge in [-0.2, -0.15) is 0 Å². The third-order valence-electron chi connectivity index (χ3n) is 2.79. The molecule has 1 aromatic carbocycles. The van der Waals surface area contributed by atoms with E-state index in [0.29, 0.717) is 6.92 Å². The number of fused-ring (bicyclic) bond motifs is 1. The standard InChI is InChI=1S/C12H13F2NO4/c1-12(13,14)7-5-9-8(18-2-3-19-9)4-6(7)10(15)11(16)17/h4-5,10H,2-3,15H2,1H3,(H,16,17). The van der Waals surface area contributed by atoms with E-state index in [1.807, 2.05) is 0 Å². The number of nitrogens with two attached hydrogens (primary N) is 1. The molecule has 1 heterocycles. The summed E-state index contributed by atoms with van der Waals surface area (Å²) in [5.41, 5.74) is 4.80. The molecule has 19 heavy (non-hydrogen) atoms. The topological polar surface area (TPSA) is 81.8 Å². The lowest BCUT2D eigenvalue weighted by atomic mass is 9.96. The van der Waals surface area contributed by atoms with Crippen molar-refractivity contribution in [2.45, 2.75) is 18.9 Å².